The molecule has 0 spiro atoms. The van der Waals surface area contributed by atoms with E-state index < -0.39 is 6.04 Å². The largest absolute Gasteiger partial charge is 0.318 e. The fraction of sp³-hybridized carbons (Fsp3) is 0.462. The number of nitrogens with zero attached hydrogens (tertiary/aromatic N) is 2. The molecule has 2 unspecified atom stereocenters. The lowest BCUT2D eigenvalue weighted by molar-refractivity contribution is -0.118. The monoisotopic (exact) mass is 233 g/mol. The van der Waals surface area contributed by atoms with Gasteiger partial charge in [0.2, 0.25) is 0 Å². The average Bonchev–Trinajstić information content (AvgIpc) is 2.51. The van der Waals surface area contributed by atoms with E-state index in [0.29, 0.717) is 5.92 Å². The summed E-state index contributed by atoms with van der Waals surface area (Å²) in [6.45, 7) is 4.17. The van der Waals surface area contributed by atoms with Crippen LogP contribution in [0.1, 0.15) is 13.8 Å². The fourth-order valence-electron chi connectivity index (χ4n) is 2.53. The van der Waals surface area contributed by atoms with E-state index in [9.17, 15) is 4.79 Å². The molecule has 1 saturated heterocycles. The molecule has 17 heavy (non-hydrogen) atoms. The number of hydrogen-bond acceptors (Lipinski definition) is 3. The van der Waals surface area contributed by atoms with E-state index in [2.05, 4.69) is 13.8 Å². The summed E-state index contributed by atoms with van der Waals surface area (Å²) in [5.41, 5.74) is 6.88. The molecule has 0 aliphatic carbocycles. The molecule has 4 heteroatoms. The van der Waals surface area contributed by atoms with Crippen molar-refractivity contribution < 1.29 is 4.79 Å². The molecule has 2 atom stereocenters. The van der Waals surface area contributed by atoms with Gasteiger partial charge in [0.05, 0.1) is 11.7 Å². The first-order valence-electron chi connectivity index (χ1n) is 5.91. The highest BCUT2D eigenvalue weighted by molar-refractivity contribution is 5.99. The third-order valence-corrected chi connectivity index (χ3v) is 3.29. The topological polar surface area (TPSA) is 49.6 Å². The molecule has 1 fully saturated rings. The number of carbonyl (C=O) groups is 1. The molecule has 1 heterocycles. The van der Waals surface area contributed by atoms with Crippen molar-refractivity contribution in [3.63, 3.8) is 0 Å². The second-order valence-electron chi connectivity index (χ2n) is 4.82. The lowest BCUT2D eigenvalue weighted by atomic mass is 9.98. The van der Waals surface area contributed by atoms with Gasteiger partial charge < -0.3 is 5.73 Å². The zero-order chi connectivity index (χ0) is 12.6. The van der Waals surface area contributed by atoms with Crippen molar-refractivity contribution in [1.82, 2.24) is 5.01 Å². The van der Waals surface area contributed by atoms with Gasteiger partial charge in [-0.2, -0.15) is 0 Å². The Kier molecular flexibility index (Phi) is 3.17. The number of anilines is 1. The predicted molar refractivity (Wildman–Crippen MR) is 68.3 cm³/mol. The maximum Gasteiger partial charge on any atom is 0.260 e. The number of hydrogen-bond donors (Lipinski definition) is 1. The molecule has 0 saturated carbocycles. The van der Waals surface area contributed by atoms with Crippen LogP contribution in [0.25, 0.3) is 0 Å². The Hall–Kier alpha value is -1.39. The summed E-state index contributed by atoms with van der Waals surface area (Å²) in [4.78, 5) is 12.2. The predicted octanol–water partition coefficient (Wildman–Crippen LogP) is 1.23. The van der Waals surface area contributed by atoms with Crippen LogP contribution < -0.4 is 10.7 Å². The number of amides is 1. The first-order chi connectivity index (χ1) is 8.04. The Labute approximate surface area is 102 Å². The first kappa shape index (κ1) is 12.1. The van der Waals surface area contributed by atoms with Gasteiger partial charge in [-0.1, -0.05) is 32.0 Å². The van der Waals surface area contributed by atoms with Crippen molar-refractivity contribution >= 4 is 11.6 Å². The Morgan fingerprint density at radius 2 is 1.82 bits per heavy atom. The van der Waals surface area contributed by atoms with E-state index in [1.807, 2.05) is 42.4 Å². The number of para-hydroxylation sites is 1. The molecule has 1 aromatic rings. The Morgan fingerprint density at radius 3 is 2.29 bits per heavy atom. The maximum atomic E-state index is 12.2. The van der Waals surface area contributed by atoms with Crippen molar-refractivity contribution in [3.8, 4) is 0 Å². The van der Waals surface area contributed by atoms with Crippen molar-refractivity contribution in [2.45, 2.75) is 25.9 Å². The van der Waals surface area contributed by atoms with Gasteiger partial charge in [-0.25, -0.2) is 10.0 Å². The number of nitrogens with two attached hydrogens (primary N) is 1. The van der Waals surface area contributed by atoms with Gasteiger partial charge in [-0.15, -0.1) is 0 Å². The normalized spacial score (nSPS) is 25.9. The summed E-state index contributed by atoms with van der Waals surface area (Å²) in [5.74, 6) is 0.310. The van der Waals surface area contributed by atoms with Crippen molar-refractivity contribution in [2.75, 3.05) is 12.1 Å². The number of rotatable bonds is 2. The molecule has 2 N–H and O–H groups in total. The summed E-state index contributed by atoms with van der Waals surface area (Å²) in [6, 6.07) is 9.23. The van der Waals surface area contributed by atoms with Crippen molar-refractivity contribution in [1.29, 1.82) is 0 Å². The summed E-state index contributed by atoms with van der Waals surface area (Å²) in [7, 11) is 1.92. The second kappa shape index (κ2) is 4.47. The van der Waals surface area contributed by atoms with E-state index in [1.165, 1.54) is 0 Å². The smallest absolute Gasteiger partial charge is 0.260 e. The summed E-state index contributed by atoms with van der Waals surface area (Å²) in [5, 5.41) is 3.63. The quantitative estimate of drug-likeness (QED) is 0.836. The fourth-order valence-corrected chi connectivity index (χ4v) is 2.53. The lowest BCUT2D eigenvalue weighted by Crippen LogP contribution is -2.44. The van der Waals surface area contributed by atoms with Gasteiger partial charge >= 0.3 is 0 Å². The lowest BCUT2D eigenvalue weighted by Gasteiger charge is -2.30. The van der Waals surface area contributed by atoms with Crippen LogP contribution in [0, 0.1) is 5.92 Å². The van der Waals surface area contributed by atoms with E-state index in [0.717, 1.165) is 5.69 Å². The first-order valence-corrected chi connectivity index (χ1v) is 5.91. The molecule has 1 aliphatic heterocycles. The van der Waals surface area contributed by atoms with Crippen molar-refractivity contribution in [2.24, 2.45) is 11.7 Å². The van der Waals surface area contributed by atoms with Gasteiger partial charge in [0, 0.05) is 7.05 Å². The van der Waals surface area contributed by atoms with E-state index in [-0.39, 0.29) is 11.9 Å². The standard InChI is InChI=1S/C13H19N3O/c1-9(2)12-11(14)13(17)16(15(12)3)10-7-5-4-6-8-10/h4-9,11-12H,14H2,1-3H3. The third-order valence-electron chi connectivity index (χ3n) is 3.29. The van der Waals surface area contributed by atoms with Crippen LogP contribution in [0.4, 0.5) is 5.69 Å². The van der Waals surface area contributed by atoms with Gasteiger partial charge in [0.25, 0.3) is 5.91 Å². The highest BCUT2D eigenvalue weighted by atomic mass is 16.2. The zero-order valence-corrected chi connectivity index (χ0v) is 10.5. The molecule has 0 radical (unpaired) electrons. The van der Waals surface area contributed by atoms with Gasteiger partial charge in [-0.05, 0) is 18.1 Å². The van der Waals surface area contributed by atoms with E-state index in [1.54, 1.807) is 5.01 Å². The molecule has 4 nitrogen and oxygen atoms in total. The van der Waals surface area contributed by atoms with Gasteiger partial charge in [0.15, 0.2) is 0 Å². The van der Waals surface area contributed by atoms with Crippen molar-refractivity contribution in [3.05, 3.63) is 30.3 Å². The average molecular weight is 233 g/mol. The van der Waals surface area contributed by atoms with Crippen LogP contribution in [-0.4, -0.2) is 30.0 Å². The molecule has 1 aromatic carbocycles. The molecule has 2 rings (SSSR count). The highest BCUT2D eigenvalue weighted by Crippen LogP contribution is 2.28. The Morgan fingerprint density at radius 1 is 1.24 bits per heavy atom. The van der Waals surface area contributed by atoms with Crippen LogP contribution in [-0.2, 0) is 4.79 Å². The molecule has 1 amide bonds. The Bertz CT molecular complexity index is 404. The summed E-state index contributed by atoms with van der Waals surface area (Å²) in [6.07, 6.45) is 0. The molecule has 0 aromatic heterocycles. The SMILES string of the molecule is CC(C)C1C(N)C(=O)N(c2ccccc2)N1C. The molecule has 1 aliphatic rings. The van der Waals surface area contributed by atoms with Crippen LogP contribution in [0.15, 0.2) is 30.3 Å². The van der Waals surface area contributed by atoms with E-state index in [4.69, 9.17) is 5.73 Å². The van der Waals surface area contributed by atoms with Crippen LogP contribution >= 0.6 is 0 Å². The molecule has 92 valence electrons. The second-order valence-corrected chi connectivity index (χ2v) is 4.82. The summed E-state index contributed by atoms with van der Waals surface area (Å²) >= 11 is 0. The van der Waals surface area contributed by atoms with Gasteiger partial charge in [-0.3, -0.25) is 4.79 Å². The van der Waals surface area contributed by atoms with Crippen LogP contribution in [0.2, 0.25) is 0 Å². The minimum atomic E-state index is -0.444. The number of carbonyl (C=O) groups excluding carboxylic acids is 1. The number of likely N-dealkylation sites (N-methyl/N-ethyl adjacent to an activating group) is 1. The highest BCUT2D eigenvalue weighted by Gasteiger charge is 2.44. The molecular weight excluding hydrogens is 214 g/mol. The number of benzene rings is 1. The molecular formula is C13H19N3O. The van der Waals surface area contributed by atoms with Gasteiger partial charge in [0.1, 0.15) is 6.04 Å². The van der Waals surface area contributed by atoms with E-state index >= 15 is 0 Å². The minimum Gasteiger partial charge on any atom is -0.318 e. The maximum absolute atomic E-state index is 12.2. The summed E-state index contributed by atoms with van der Waals surface area (Å²) < 4.78 is 0. The minimum absolute atomic E-state index is 0.0302. The van der Waals surface area contributed by atoms with Crippen LogP contribution in [0.5, 0.6) is 0 Å². The third kappa shape index (κ3) is 1.94. The van der Waals surface area contributed by atoms with Crippen LogP contribution in [0.3, 0.4) is 0 Å². The Balaban J connectivity index is 2.34. The number of hydrazine groups is 1. The zero-order valence-electron chi connectivity index (χ0n) is 10.5. The molecule has 0 bridgehead atoms.